The summed E-state index contributed by atoms with van der Waals surface area (Å²) in [5.41, 5.74) is 0. The second kappa shape index (κ2) is 21.1. The van der Waals surface area contributed by atoms with E-state index >= 15 is 0 Å². The molecule has 0 fully saturated rings. The fraction of sp³-hybridized carbons (Fsp3) is 0.842. The van der Waals surface area contributed by atoms with Crippen LogP contribution in [0.4, 0.5) is 0 Å². The second-order valence-corrected chi connectivity index (χ2v) is 5.59. The van der Waals surface area contributed by atoms with Crippen molar-refractivity contribution in [2.45, 2.75) is 45.4 Å². The van der Waals surface area contributed by atoms with Gasteiger partial charge in [-0.15, -0.1) is 0 Å². The van der Waals surface area contributed by atoms with Gasteiger partial charge in [-0.05, 0) is 6.42 Å². The summed E-state index contributed by atoms with van der Waals surface area (Å²) in [5.74, 6) is -0.437. The Morgan fingerprint density at radius 1 is 0.680 bits per heavy atom. The molecule has 0 bridgehead atoms. The normalized spacial score (nSPS) is 10.8. The molecule has 0 amide bonds. The predicted octanol–water partition coefficient (Wildman–Crippen LogP) is 3.14. The highest BCUT2D eigenvalue weighted by Crippen LogP contribution is 2.04. The van der Waals surface area contributed by atoms with E-state index in [4.69, 9.17) is 23.7 Å². The van der Waals surface area contributed by atoms with Gasteiger partial charge in [0.25, 0.3) is 0 Å². The summed E-state index contributed by atoms with van der Waals surface area (Å²) in [6, 6.07) is 0. The summed E-state index contributed by atoms with van der Waals surface area (Å²) in [6.45, 7) is 10.2. The Balaban J connectivity index is 3.00. The third-order valence-electron chi connectivity index (χ3n) is 3.40. The summed E-state index contributed by atoms with van der Waals surface area (Å²) >= 11 is 0. The van der Waals surface area contributed by atoms with Crippen molar-refractivity contribution in [2.24, 2.45) is 0 Å². The van der Waals surface area contributed by atoms with Crippen molar-refractivity contribution >= 4 is 5.97 Å². The molecule has 148 valence electrons. The molecule has 0 atom stereocenters. The zero-order chi connectivity index (χ0) is 18.4. The number of unbranched alkanes of at least 4 members (excludes halogenated alkanes) is 5. The highest BCUT2D eigenvalue weighted by Gasteiger charge is 1.96. The molecule has 0 saturated heterocycles. The average molecular weight is 360 g/mol. The van der Waals surface area contributed by atoms with Crippen molar-refractivity contribution in [3.8, 4) is 0 Å². The van der Waals surface area contributed by atoms with Gasteiger partial charge in [-0.3, -0.25) is 0 Å². The summed E-state index contributed by atoms with van der Waals surface area (Å²) in [6.07, 6.45) is 8.81. The van der Waals surface area contributed by atoms with E-state index < -0.39 is 5.97 Å². The molecule has 0 spiro atoms. The third kappa shape index (κ3) is 21.0. The first-order chi connectivity index (χ1) is 12.3. The first-order valence-electron chi connectivity index (χ1n) is 9.41. The molecular formula is C19H36O6. The summed E-state index contributed by atoms with van der Waals surface area (Å²) in [4.78, 5) is 10.8. The van der Waals surface area contributed by atoms with Crippen molar-refractivity contribution in [3.63, 3.8) is 0 Å². The van der Waals surface area contributed by atoms with Gasteiger partial charge in [-0.1, -0.05) is 45.6 Å². The van der Waals surface area contributed by atoms with Crippen LogP contribution in [0.3, 0.4) is 0 Å². The van der Waals surface area contributed by atoms with E-state index in [2.05, 4.69) is 13.5 Å². The highest BCUT2D eigenvalue weighted by atomic mass is 16.6. The van der Waals surface area contributed by atoms with E-state index in [1.54, 1.807) is 0 Å². The summed E-state index contributed by atoms with van der Waals surface area (Å²) in [7, 11) is 0. The van der Waals surface area contributed by atoms with Crippen molar-refractivity contribution < 1.29 is 28.5 Å². The topological polar surface area (TPSA) is 63.2 Å². The van der Waals surface area contributed by atoms with E-state index in [0.29, 0.717) is 46.2 Å². The smallest absolute Gasteiger partial charge is 0.330 e. The third-order valence-corrected chi connectivity index (χ3v) is 3.40. The van der Waals surface area contributed by atoms with Crippen LogP contribution in [0.25, 0.3) is 0 Å². The molecule has 0 aliphatic heterocycles. The molecule has 0 rings (SSSR count). The Kier molecular flexibility index (Phi) is 20.3. The number of rotatable bonds is 20. The maximum atomic E-state index is 10.8. The van der Waals surface area contributed by atoms with Crippen LogP contribution in [0, 0.1) is 0 Å². The molecule has 0 aliphatic rings. The maximum absolute atomic E-state index is 10.8. The van der Waals surface area contributed by atoms with E-state index in [1.807, 2.05) is 0 Å². The minimum Gasteiger partial charge on any atom is -0.460 e. The molecule has 6 heteroatoms. The largest absolute Gasteiger partial charge is 0.460 e. The molecule has 0 aromatic rings. The Bertz CT molecular complexity index is 296. The molecule has 0 radical (unpaired) electrons. The van der Waals surface area contributed by atoms with Gasteiger partial charge < -0.3 is 23.7 Å². The highest BCUT2D eigenvalue weighted by molar-refractivity contribution is 5.81. The SMILES string of the molecule is C=CC(=O)OCCOCCOCCOCCOCCCCCCCC. The van der Waals surface area contributed by atoms with Gasteiger partial charge in [0.15, 0.2) is 0 Å². The number of hydrogen-bond donors (Lipinski definition) is 0. The Morgan fingerprint density at radius 2 is 1.12 bits per heavy atom. The lowest BCUT2D eigenvalue weighted by Gasteiger charge is -2.07. The lowest BCUT2D eigenvalue weighted by atomic mass is 10.1. The first-order valence-corrected chi connectivity index (χ1v) is 9.41. The molecule has 0 saturated carbocycles. The van der Waals surface area contributed by atoms with Gasteiger partial charge in [-0.2, -0.15) is 0 Å². The lowest BCUT2D eigenvalue weighted by Crippen LogP contribution is -2.14. The van der Waals surface area contributed by atoms with Gasteiger partial charge in [0.05, 0.1) is 46.2 Å². The lowest BCUT2D eigenvalue weighted by molar-refractivity contribution is -0.139. The molecule has 6 nitrogen and oxygen atoms in total. The van der Waals surface area contributed by atoms with Crippen LogP contribution in [-0.2, 0) is 28.5 Å². The van der Waals surface area contributed by atoms with Crippen LogP contribution in [0.5, 0.6) is 0 Å². The fourth-order valence-corrected chi connectivity index (χ4v) is 2.01. The minimum absolute atomic E-state index is 0.229. The molecule has 0 aliphatic carbocycles. The molecule has 0 heterocycles. The molecule has 0 aromatic heterocycles. The molecule has 25 heavy (non-hydrogen) atoms. The van der Waals surface area contributed by atoms with Gasteiger partial charge >= 0.3 is 5.97 Å². The van der Waals surface area contributed by atoms with E-state index in [-0.39, 0.29) is 6.61 Å². The monoisotopic (exact) mass is 360 g/mol. The molecule has 0 aromatic carbocycles. The fourth-order valence-electron chi connectivity index (χ4n) is 2.01. The van der Waals surface area contributed by atoms with Gasteiger partial charge in [0.2, 0.25) is 0 Å². The van der Waals surface area contributed by atoms with Crippen LogP contribution < -0.4 is 0 Å². The van der Waals surface area contributed by atoms with Gasteiger partial charge in [-0.25, -0.2) is 4.79 Å². The maximum Gasteiger partial charge on any atom is 0.330 e. The van der Waals surface area contributed by atoms with E-state index in [0.717, 1.165) is 19.1 Å². The number of carbonyl (C=O) groups is 1. The number of esters is 1. The molecular weight excluding hydrogens is 324 g/mol. The predicted molar refractivity (Wildman–Crippen MR) is 97.8 cm³/mol. The van der Waals surface area contributed by atoms with Crippen molar-refractivity contribution in [3.05, 3.63) is 12.7 Å². The van der Waals surface area contributed by atoms with Crippen LogP contribution in [0.1, 0.15) is 45.4 Å². The first kappa shape index (κ1) is 24.1. The Labute approximate surface area is 152 Å². The number of hydrogen-bond acceptors (Lipinski definition) is 6. The molecule has 0 N–H and O–H groups in total. The standard InChI is InChI=1S/C19H36O6/c1-3-5-6-7-8-9-10-21-11-12-22-13-14-23-15-16-24-17-18-25-19(20)4-2/h4H,2-3,5-18H2,1H3. The Hall–Kier alpha value is -0.950. The minimum atomic E-state index is -0.437. The van der Waals surface area contributed by atoms with Crippen molar-refractivity contribution in [1.82, 2.24) is 0 Å². The zero-order valence-electron chi connectivity index (χ0n) is 15.8. The second-order valence-electron chi connectivity index (χ2n) is 5.59. The van der Waals surface area contributed by atoms with E-state index in [1.165, 1.54) is 32.1 Å². The van der Waals surface area contributed by atoms with Crippen LogP contribution in [-0.4, -0.2) is 65.4 Å². The number of ether oxygens (including phenoxy) is 5. The average Bonchev–Trinajstić information content (AvgIpc) is 2.63. The van der Waals surface area contributed by atoms with Crippen molar-refractivity contribution in [2.75, 3.05) is 59.5 Å². The van der Waals surface area contributed by atoms with Crippen LogP contribution in [0.2, 0.25) is 0 Å². The molecule has 0 unspecified atom stereocenters. The Morgan fingerprint density at radius 3 is 1.64 bits per heavy atom. The zero-order valence-corrected chi connectivity index (χ0v) is 15.8. The van der Waals surface area contributed by atoms with Crippen LogP contribution >= 0.6 is 0 Å². The van der Waals surface area contributed by atoms with Gasteiger partial charge in [0.1, 0.15) is 6.61 Å². The van der Waals surface area contributed by atoms with E-state index in [9.17, 15) is 4.79 Å². The van der Waals surface area contributed by atoms with Gasteiger partial charge in [0, 0.05) is 12.7 Å². The quantitative estimate of drug-likeness (QED) is 0.189. The van der Waals surface area contributed by atoms with Crippen molar-refractivity contribution in [1.29, 1.82) is 0 Å². The van der Waals surface area contributed by atoms with Crippen LogP contribution in [0.15, 0.2) is 12.7 Å². The summed E-state index contributed by atoms with van der Waals surface area (Å²) < 4.78 is 26.3. The number of carbonyl (C=O) groups excluding carboxylic acids is 1. The summed E-state index contributed by atoms with van der Waals surface area (Å²) in [5, 5.41) is 0.